The fraction of sp³-hybridized carbons (Fsp3) is 0.500. The molecular weight excluding hydrogens is 302 g/mol. The first-order valence-electron chi connectivity index (χ1n) is 7.73. The predicted molar refractivity (Wildman–Crippen MR) is 85.9 cm³/mol. The molecule has 1 unspecified atom stereocenters. The molecule has 118 valence electrons. The minimum atomic E-state index is -0.415. The highest BCUT2D eigenvalue weighted by atomic mass is 35.5. The van der Waals surface area contributed by atoms with Crippen LogP contribution in [-0.2, 0) is 9.59 Å². The predicted octanol–water partition coefficient (Wildman–Crippen LogP) is 1.56. The molecule has 2 saturated heterocycles. The van der Waals surface area contributed by atoms with Crippen molar-refractivity contribution in [2.45, 2.75) is 25.3 Å². The van der Waals surface area contributed by atoms with Crippen LogP contribution in [0.15, 0.2) is 24.3 Å². The Balaban J connectivity index is 1.62. The largest absolute Gasteiger partial charge is 0.344 e. The summed E-state index contributed by atoms with van der Waals surface area (Å²) in [6.45, 7) is 2.34. The SMILES string of the molecule is O=C(NC1CCN(c2cccc(Cl)c2)C1=O)C1CCNCC1. The lowest BCUT2D eigenvalue weighted by molar-refractivity contribution is -0.129. The second-order valence-electron chi connectivity index (χ2n) is 5.84. The maximum Gasteiger partial charge on any atom is 0.249 e. The van der Waals surface area contributed by atoms with Crippen molar-refractivity contribution in [3.8, 4) is 0 Å². The summed E-state index contributed by atoms with van der Waals surface area (Å²) in [6.07, 6.45) is 2.32. The highest BCUT2D eigenvalue weighted by Crippen LogP contribution is 2.24. The van der Waals surface area contributed by atoms with Gasteiger partial charge in [-0.25, -0.2) is 0 Å². The Labute approximate surface area is 135 Å². The number of amides is 2. The normalized spacial score (nSPS) is 22.9. The lowest BCUT2D eigenvalue weighted by Crippen LogP contribution is -2.46. The van der Waals surface area contributed by atoms with Gasteiger partial charge in [0.05, 0.1) is 0 Å². The van der Waals surface area contributed by atoms with E-state index in [9.17, 15) is 9.59 Å². The molecule has 6 heteroatoms. The van der Waals surface area contributed by atoms with Gasteiger partial charge in [0.15, 0.2) is 0 Å². The average Bonchev–Trinajstić information content (AvgIpc) is 2.89. The Bertz CT molecular complexity index is 572. The Hall–Kier alpha value is -1.59. The van der Waals surface area contributed by atoms with Gasteiger partial charge in [-0.1, -0.05) is 17.7 Å². The minimum absolute atomic E-state index is 0.00722. The first kappa shape index (κ1) is 15.3. The summed E-state index contributed by atoms with van der Waals surface area (Å²) in [6, 6.07) is 6.83. The van der Waals surface area contributed by atoms with E-state index in [0.717, 1.165) is 31.6 Å². The Morgan fingerprint density at radius 3 is 2.77 bits per heavy atom. The summed E-state index contributed by atoms with van der Waals surface area (Å²) in [7, 11) is 0. The van der Waals surface area contributed by atoms with Crippen molar-refractivity contribution in [2.75, 3.05) is 24.5 Å². The van der Waals surface area contributed by atoms with Crippen LogP contribution in [0.5, 0.6) is 0 Å². The number of nitrogens with one attached hydrogen (secondary N) is 2. The molecule has 2 aliphatic heterocycles. The van der Waals surface area contributed by atoms with Gasteiger partial charge in [0, 0.05) is 23.2 Å². The third-order valence-electron chi connectivity index (χ3n) is 4.35. The molecular formula is C16H20ClN3O2. The van der Waals surface area contributed by atoms with Gasteiger partial charge in [-0.3, -0.25) is 9.59 Å². The van der Waals surface area contributed by atoms with Gasteiger partial charge in [0.2, 0.25) is 11.8 Å². The monoisotopic (exact) mass is 321 g/mol. The van der Waals surface area contributed by atoms with Crippen LogP contribution in [0.4, 0.5) is 5.69 Å². The molecule has 2 heterocycles. The van der Waals surface area contributed by atoms with Crippen LogP contribution in [0.2, 0.25) is 5.02 Å². The summed E-state index contributed by atoms with van der Waals surface area (Å²) in [4.78, 5) is 26.5. The molecule has 2 aliphatic rings. The quantitative estimate of drug-likeness (QED) is 0.888. The molecule has 0 aromatic heterocycles. The maximum atomic E-state index is 12.5. The van der Waals surface area contributed by atoms with Gasteiger partial charge in [-0.05, 0) is 50.6 Å². The number of rotatable bonds is 3. The third-order valence-corrected chi connectivity index (χ3v) is 4.59. The van der Waals surface area contributed by atoms with Crippen LogP contribution < -0.4 is 15.5 Å². The van der Waals surface area contributed by atoms with Crippen LogP contribution in [0, 0.1) is 5.92 Å². The topological polar surface area (TPSA) is 61.4 Å². The molecule has 1 aromatic carbocycles. The number of nitrogens with zero attached hydrogens (tertiary/aromatic N) is 1. The molecule has 2 fully saturated rings. The zero-order valence-electron chi connectivity index (χ0n) is 12.3. The van der Waals surface area contributed by atoms with Crippen LogP contribution in [0.25, 0.3) is 0 Å². The van der Waals surface area contributed by atoms with Crippen molar-refractivity contribution >= 4 is 29.1 Å². The number of hydrogen-bond donors (Lipinski definition) is 2. The van der Waals surface area contributed by atoms with Crippen molar-refractivity contribution in [3.63, 3.8) is 0 Å². The number of hydrogen-bond acceptors (Lipinski definition) is 3. The van der Waals surface area contributed by atoms with Gasteiger partial charge in [0.1, 0.15) is 6.04 Å². The summed E-state index contributed by atoms with van der Waals surface area (Å²) >= 11 is 5.98. The van der Waals surface area contributed by atoms with Gasteiger partial charge in [-0.2, -0.15) is 0 Å². The highest BCUT2D eigenvalue weighted by Gasteiger charge is 2.35. The van der Waals surface area contributed by atoms with Crippen molar-refractivity contribution in [3.05, 3.63) is 29.3 Å². The summed E-state index contributed by atoms with van der Waals surface area (Å²) in [5, 5.41) is 6.76. The van der Waals surface area contributed by atoms with E-state index in [2.05, 4.69) is 10.6 Å². The zero-order valence-corrected chi connectivity index (χ0v) is 13.1. The molecule has 5 nitrogen and oxygen atoms in total. The standard InChI is InChI=1S/C16H20ClN3O2/c17-12-2-1-3-13(10-12)20-9-6-14(16(20)22)19-15(21)11-4-7-18-8-5-11/h1-3,10-11,14,18H,4-9H2,(H,19,21). The van der Waals surface area contributed by atoms with Gasteiger partial charge in [0.25, 0.3) is 0 Å². The van der Waals surface area contributed by atoms with Crippen molar-refractivity contribution in [2.24, 2.45) is 5.92 Å². The van der Waals surface area contributed by atoms with Crippen LogP contribution in [0.3, 0.4) is 0 Å². The van der Waals surface area contributed by atoms with Crippen molar-refractivity contribution < 1.29 is 9.59 Å². The van der Waals surface area contributed by atoms with Gasteiger partial charge < -0.3 is 15.5 Å². The van der Waals surface area contributed by atoms with E-state index in [4.69, 9.17) is 11.6 Å². The molecule has 22 heavy (non-hydrogen) atoms. The van der Waals surface area contributed by atoms with E-state index in [1.165, 1.54) is 0 Å². The van der Waals surface area contributed by atoms with Crippen molar-refractivity contribution in [1.29, 1.82) is 0 Å². The Kier molecular flexibility index (Phi) is 4.64. The number of piperidine rings is 1. The number of halogens is 1. The summed E-state index contributed by atoms with van der Waals surface area (Å²) in [5.41, 5.74) is 0.788. The molecule has 3 rings (SSSR count). The van der Waals surface area contributed by atoms with E-state index in [1.807, 2.05) is 12.1 Å². The fourth-order valence-electron chi connectivity index (χ4n) is 3.09. The smallest absolute Gasteiger partial charge is 0.249 e. The molecule has 0 saturated carbocycles. The van der Waals surface area contributed by atoms with E-state index >= 15 is 0 Å². The molecule has 0 spiro atoms. The van der Waals surface area contributed by atoms with E-state index in [1.54, 1.807) is 17.0 Å². The molecule has 0 radical (unpaired) electrons. The Morgan fingerprint density at radius 1 is 1.27 bits per heavy atom. The summed E-state index contributed by atoms with van der Waals surface area (Å²) < 4.78 is 0. The average molecular weight is 322 g/mol. The lowest BCUT2D eigenvalue weighted by Gasteiger charge is -2.23. The lowest BCUT2D eigenvalue weighted by atomic mass is 9.97. The molecule has 1 atom stereocenters. The molecule has 2 N–H and O–H groups in total. The minimum Gasteiger partial charge on any atom is -0.344 e. The number of carbonyl (C=O) groups excluding carboxylic acids is 2. The molecule has 2 amide bonds. The van der Waals surface area contributed by atoms with Crippen molar-refractivity contribution in [1.82, 2.24) is 10.6 Å². The van der Waals surface area contributed by atoms with Crippen LogP contribution in [-0.4, -0.2) is 37.5 Å². The second-order valence-corrected chi connectivity index (χ2v) is 6.28. The van der Waals surface area contributed by atoms with Gasteiger partial charge >= 0.3 is 0 Å². The van der Waals surface area contributed by atoms with E-state index in [0.29, 0.717) is 18.0 Å². The first-order valence-corrected chi connectivity index (χ1v) is 8.11. The number of benzene rings is 1. The molecule has 1 aromatic rings. The highest BCUT2D eigenvalue weighted by molar-refractivity contribution is 6.31. The van der Waals surface area contributed by atoms with Crippen LogP contribution >= 0.6 is 11.6 Å². The maximum absolute atomic E-state index is 12.5. The molecule has 0 bridgehead atoms. The van der Waals surface area contributed by atoms with E-state index < -0.39 is 6.04 Å². The van der Waals surface area contributed by atoms with Gasteiger partial charge in [-0.15, -0.1) is 0 Å². The Morgan fingerprint density at radius 2 is 2.05 bits per heavy atom. The fourth-order valence-corrected chi connectivity index (χ4v) is 3.27. The second kappa shape index (κ2) is 6.67. The van der Waals surface area contributed by atoms with E-state index in [-0.39, 0.29) is 17.7 Å². The third kappa shape index (κ3) is 3.25. The van der Waals surface area contributed by atoms with Crippen LogP contribution in [0.1, 0.15) is 19.3 Å². The summed E-state index contributed by atoms with van der Waals surface area (Å²) in [5.74, 6) is -0.0217. The first-order chi connectivity index (χ1) is 10.6. The zero-order chi connectivity index (χ0) is 15.5. The number of carbonyl (C=O) groups is 2. The number of anilines is 1. The molecule has 0 aliphatic carbocycles.